The summed E-state index contributed by atoms with van der Waals surface area (Å²) in [5, 5.41) is 37.4. The number of hydrogen-bond donors (Lipinski definition) is 12. The lowest BCUT2D eigenvalue weighted by molar-refractivity contribution is -0.148. The van der Waals surface area contributed by atoms with Crippen LogP contribution in [0.3, 0.4) is 0 Å². The average molecular weight is 1020 g/mol. The van der Waals surface area contributed by atoms with Gasteiger partial charge in [-0.15, -0.1) is 0 Å². The standard InChI is InChI=1S/C52H70N14O8/c1-32-43(67)64-40(31-35-19-9-4-10-20-35)49(73)66-28-14-24-42(66)50(74)65-27-13-23-41(65)48(72)61-37(22-12-26-58-52(55)56)45(69)62-39(30-34-17-7-3-8-18-34)47(71)63-38(29-33-15-5-2-6-16-33)46(70)60-36(44(68)59-32)21-11-25-57-51(53)54/h2-10,15-20,32,36-42H,11-14,21-31H2,1H3,(H,59,68)(H,60,70)(H,61,72)(H,62,69)(H,63,71)(H,64,67)(H4,53,54,57)(H4,55,56,58)/t32-,36-,37-,38-,39-,40-,41-,42+/m0/s1. The van der Waals surface area contributed by atoms with Crippen molar-refractivity contribution in [1.29, 1.82) is 10.8 Å². The highest BCUT2D eigenvalue weighted by atomic mass is 16.2. The van der Waals surface area contributed by atoms with E-state index in [9.17, 15) is 38.4 Å². The van der Waals surface area contributed by atoms with Crippen molar-refractivity contribution in [3.8, 4) is 0 Å². The van der Waals surface area contributed by atoms with Gasteiger partial charge in [-0.3, -0.25) is 49.2 Å². The smallest absolute Gasteiger partial charge is 0.246 e. The second kappa shape index (κ2) is 27.1. The van der Waals surface area contributed by atoms with E-state index in [1.54, 1.807) is 84.9 Å². The SMILES string of the molecule is C[C@@H]1NC(=O)[C@H](CCCNC(=N)N)NC(=O)[C@H](Cc2ccccc2)NC(=O)[C@H](Cc2ccccc2)NC(=O)[C@H](CCCNC(=N)N)NC(=O)[C@@H]2CCCN2C(=O)[C@H]2CCCN2C(=O)[C@H](Cc2ccccc2)NC1=O. The third-order valence-electron chi connectivity index (χ3n) is 13.4. The van der Waals surface area contributed by atoms with Crippen LogP contribution in [-0.2, 0) is 57.6 Å². The highest BCUT2D eigenvalue weighted by Crippen LogP contribution is 2.26. The van der Waals surface area contributed by atoms with E-state index in [1.165, 1.54) is 16.7 Å². The molecule has 22 nitrogen and oxygen atoms in total. The van der Waals surface area contributed by atoms with E-state index in [0.29, 0.717) is 30.4 Å². The Labute approximate surface area is 430 Å². The molecule has 396 valence electrons. The van der Waals surface area contributed by atoms with E-state index in [1.807, 2.05) is 6.07 Å². The van der Waals surface area contributed by atoms with Crippen LogP contribution in [0.2, 0.25) is 0 Å². The highest BCUT2D eigenvalue weighted by Gasteiger charge is 2.44. The molecule has 8 amide bonds. The minimum atomic E-state index is -1.32. The molecule has 0 radical (unpaired) electrons. The second-order valence-electron chi connectivity index (χ2n) is 18.9. The molecule has 3 aliphatic rings. The Morgan fingerprint density at radius 1 is 0.486 bits per heavy atom. The van der Waals surface area contributed by atoms with Gasteiger partial charge in [0.05, 0.1) is 0 Å². The van der Waals surface area contributed by atoms with E-state index in [0.717, 1.165) is 5.56 Å². The molecule has 8 atom stereocenters. The van der Waals surface area contributed by atoms with Gasteiger partial charge in [0.25, 0.3) is 0 Å². The van der Waals surface area contributed by atoms with Crippen molar-refractivity contribution in [2.45, 2.75) is 126 Å². The zero-order valence-corrected chi connectivity index (χ0v) is 41.7. The number of fused-ring (bicyclic) bond motifs is 2. The van der Waals surface area contributed by atoms with Gasteiger partial charge < -0.3 is 63.8 Å². The van der Waals surface area contributed by atoms with Crippen LogP contribution >= 0.6 is 0 Å². The van der Waals surface area contributed by atoms with E-state index >= 15 is 0 Å². The molecule has 0 unspecified atom stereocenters. The van der Waals surface area contributed by atoms with Crippen LogP contribution in [0.15, 0.2) is 91.0 Å². The normalized spacial score (nSPS) is 24.7. The van der Waals surface area contributed by atoms with Crippen molar-refractivity contribution in [1.82, 2.24) is 52.3 Å². The lowest BCUT2D eigenvalue weighted by atomic mass is 10.0. The lowest BCUT2D eigenvalue weighted by Gasteiger charge is -2.34. The van der Waals surface area contributed by atoms with Gasteiger partial charge in [-0.25, -0.2) is 0 Å². The summed E-state index contributed by atoms with van der Waals surface area (Å²) in [7, 11) is 0. The van der Waals surface area contributed by atoms with Crippen molar-refractivity contribution in [3.63, 3.8) is 0 Å². The fraction of sp³-hybridized carbons (Fsp3) is 0.462. The van der Waals surface area contributed by atoms with Gasteiger partial charge in [0, 0.05) is 45.4 Å². The monoisotopic (exact) mass is 1020 g/mol. The van der Waals surface area contributed by atoms with E-state index in [-0.39, 0.29) is 89.5 Å². The fourth-order valence-electron chi connectivity index (χ4n) is 9.51. The summed E-state index contributed by atoms with van der Waals surface area (Å²) in [5.41, 5.74) is 13.1. The van der Waals surface area contributed by atoms with Crippen LogP contribution in [0.4, 0.5) is 0 Å². The van der Waals surface area contributed by atoms with Crippen LogP contribution in [0.5, 0.6) is 0 Å². The zero-order valence-electron chi connectivity index (χ0n) is 41.7. The largest absolute Gasteiger partial charge is 0.370 e. The maximum absolute atomic E-state index is 14.7. The summed E-state index contributed by atoms with van der Waals surface area (Å²) in [6.07, 6.45) is 1.98. The number of carbonyl (C=O) groups is 8. The van der Waals surface area contributed by atoms with E-state index < -0.39 is 95.6 Å². The van der Waals surface area contributed by atoms with Crippen LogP contribution < -0.4 is 54.0 Å². The molecule has 0 bridgehead atoms. The molecular formula is C52H70N14O8. The molecule has 3 aromatic rings. The molecule has 14 N–H and O–H groups in total. The molecule has 3 saturated heterocycles. The Morgan fingerprint density at radius 3 is 1.31 bits per heavy atom. The van der Waals surface area contributed by atoms with Gasteiger partial charge in [-0.1, -0.05) is 91.0 Å². The number of benzene rings is 3. The third-order valence-corrected chi connectivity index (χ3v) is 13.4. The highest BCUT2D eigenvalue weighted by molar-refractivity contribution is 5.99. The molecule has 0 spiro atoms. The molecule has 3 heterocycles. The fourth-order valence-corrected chi connectivity index (χ4v) is 9.51. The van der Waals surface area contributed by atoms with Gasteiger partial charge in [0.15, 0.2) is 11.9 Å². The van der Waals surface area contributed by atoms with Crippen molar-refractivity contribution in [3.05, 3.63) is 108 Å². The Hall–Kier alpha value is -8.04. The maximum Gasteiger partial charge on any atom is 0.246 e. The van der Waals surface area contributed by atoms with E-state index in [2.05, 4.69) is 42.5 Å². The lowest BCUT2D eigenvalue weighted by Crippen LogP contribution is -2.61. The molecule has 6 rings (SSSR count). The van der Waals surface area contributed by atoms with Crippen LogP contribution in [0.25, 0.3) is 0 Å². The summed E-state index contributed by atoms with van der Waals surface area (Å²) in [6, 6.07) is 17.1. The summed E-state index contributed by atoms with van der Waals surface area (Å²) in [4.78, 5) is 119. The van der Waals surface area contributed by atoms with Crippen molar-refractivity contribution < 1.29 is 38.4 Å². The molecule has 0 saturated carbocycles. The van der Waals surface area contributed by atoms with Gasteiger partial charge >= 0.3 is 0 Å². The van der Waals surface area contributed by atoms with E-state index in [4.69, 9.17) is 22.3 Å². The maximum atomic E-state index is 14.7. The summed E-state index contributed by atoms with van der Waals surface area (Å²) < 4.78 is 0. The predicted octanol–water partition coefficient (Wildman–Crippen LogP) is -0.835. The number of carbonyl (C=O) groups excluding carboxylic acids is 8. The molecular weight excluding hydrogens is 949 g/mol. The Morgan fingerprint density at radius 2 is 0.851 bits per heavy atom. The number of hydrogen-bond acceptors (Lipinski definition) is 10. The average Bonchev–Trinajstić information content (AvgIpc) is 4.09. The molecule has 3 fully saturated rings. The van der Waals surface area contributed by atoms with Crippen molar-refractivity contribution >= 4 is 59.2 Å². The van der Waals surface area contributed by atoms with Crippen LogP contribution in [-0.4, -0.2) is 143 Å². The predicted molar refractivity (Wildman–Crippen MR) is 275 cm³/mol. The first kappa shape index (κ1) is 55.3. The minimum absolute atomic E-state index is 0.00268. The Bertz CT molecular complexity index is 2470. The molecule has 0 aliphatic carbocycles. The number of rotatable bonds is 14. The van der Waals surface area contributed by atoms with Crippen molar-refractivity contribution in [2.24, 2.45) is 11.5 Å². The summed E-state index contributed by atoms with van der Waals surface area (Å²) in [6.45, 7) is 2.18. The Balaban J connectivity index is 1.39. The van der Waals surface area contributed by atoms with Gasteiger partial charge in [-0.05, 0) is 75.0 Å². The number of nitrogens with zero attached hydrogens (tertiary/aromatic N) is 2. The molecule has 0 aromatic heterocycles. The van der Waals surface area contributed by atoms with Gasteiger partial charge in [0.2, 0.25) is 47.3 Å². The third kappa shape index (κ3) is 16.0. The van der Waals surface area contributed by atoms with Crippen LogP contribution in [0.1, 0.15) is 75.0 Å². The first-order valence-corrected chi connectivity index (χ1v) is 25.3. The topological polar surface area (TPSA) is 339 Å². The molecule has 74 heavy (non-hydrogen) atoms. The molecule has 3 aliphatic heterocycles. The van der Waals surface area contributed by atoms with Crippen molar-refractivity contribution in [2.75, 3.05) is 26.2 Å². The number of amides is 8. The molecule has 3 aromatic carbocycles. The quantitative estimate of drug-likeness (QED) is 0.0535. The van der Waals surface area contributed by atoms with Crippen LogP contribution in [0, 0.1) is 10.8 Å². The number of nitrogens with one attached hydrogen (secondary N) is 10. The minimum Gasteiger partial charge on any atom is -0.370 e. The molecule has 22 heteroatoms. The van der Waals surface area contributed by atoms with Gasteiger partial charge in [-0.2, -0.15) is 0 Å². The first-order chi connectivity index (χ1) is 35.6. The second-order valence-corrected chi connectivity index (χ2v) is 18.9. The number of nitrogens with two attached hydrogens (primary N) is 2. The zero-order chi connectivity index (χ0) is 53.1. The first-order valence-electron chi connectivity index (χ1n) is 25.3. The number of guanidine groups is 2. The summed E-state index contributed by atoms with van der Waals surface area (Å²) >= 11 is 0. The Kier molecular flexibility index (Phi) is 20.3. The van der Waals surface area contributed by atoms with Gasteiger partial charge in [0.1, 0.15) is 48.3 Å². The summed E-state index contributed by atoms with van der Waals surface area (Å²) in [5.74, 6) is -5.87.